The molecule has 86 heavy (non-hydrogen) atoms. The number of carbonyl (C=O) groups excluding carboxylic acids is 6. The second-order valence-corrected chi connectivity index (χ2v) is 21.1. The number of hydrogen-bond donors (Lipinski definition) is 15. The fraction of sp³-hybridized carbons (Fsp3) is 0.169. The van der Waals surface area contributed by atoms with Crippen molar-refractivity contribution in [2.75, 3.05) is 7.05 Å². The maximum atomic E-state index is 15.7. The minimum absolute atomic E-state index is 0.0430. The predicted octanol–water partition coefficient (Wildman–Crippen LogP) is 5.25. The lowest BCUT2D eigenvalue weighted by atomic mass is 9.89. The summed E-state index contributed by atoms with van der Waals surface area (Å²) in [5.41, 5.74) is -1.87. The molecule has 7 aromatic rings. The number of likely N-dealkylation sites (N-methyl/N-ethyl adjacent to an activating group) is 1. The van der Waals surface area contributed by atoms with Gasteiger partial charge in [-0.15, -0.1) is 0 Å². The third-order valence-electron chi connectivity index (χ3n) is 14.7. The van der Waals surface area contributed by atoms with Crippen molar-refractivity contribution in [1.29, 1.82) is 0 Å². The summed E-state index contributed by atoms with van der Waals surface area (Å²) < 4.78 is 18.5. The highest BCUT2D eigenvalue weighted by molar-refractivity contribution is 6.33. The highest BCUT2D eigenvalue weighted by atomic mass is 35.5. The Morgan fingerprint density at radius 2 is 1.15 bits per heavy atom. The second kappa shape index (κ2) is 22.6. The van der Waals surface area contributed by atoms with Crippen LogP contribution in [0.5, 0.6) is 69.0 Å². The maximum absolute atomic E-state index is 15.7. The molecule has 25 nitrogen and oxygen atoms in total. The fourth-order valence-corrected chi connectivity index (χ4v) is 10.9. The van der Waals surface area contributed by atoms with E-state index in [-0.39, 0.29) is 56.7 Å². The van der Waals surface area contributed by atoms with E-state index >= 15 is 14.4 Å². The van der Waals surface area contributed by atoms with Crippen molar-refractivity contribution in [2.45, 2.75) is 54.8 Å². The first-order chi connectivity index (χ1) is 41.0. The van der Waals surface area contributed by atoms with Crippen molar-refractivity contribution < 1.29 is 88.6 Å². The average Bonchev–Trinajstić information content (AvgIpc) is 2.35. The van der Waals surface area contributed by atoms with Crippen molar-refractivity contribution >= 4 is 64.6 Å². The molecule has 13 rings (SSSR count). The fourth-order valence-electron chi connectivity index (χ4n) is 10.5. The molecule has 0 saturated heterocycles. The number of nitrogens with one attached hydrogen (secondary N) is 7. The van der Waals surface area contributed by atoms with Gasteiger partial charge in [-0.2, -0.15) is 0 Å². The van der Waals surface area contributed by atoms with Crippen LogP contribution in [-0.2, 0) is 40.0 Å². The van der Waals surface area contributed by atoms with Crippen LogP contribution < -0.4 is 51.4 Å². The van der Waals surface area contributed by atoms with E-state index in [0.717, 1.165) is 60.7 Å². The topological polar surface area (TPSA) is 393 Å². The summed E-state index contributed by atoms with van der Waals surface area (Å²) in [5, 5.41) is 108. The van der Waals surface area contributed by atoms with Crippen LogP contribution in [0.25, 0.3) is 11.1 Å². The number of amides is 6. The average molecular weight is 1210 g/mol. The summed E-state index contributed by atoms with van der Waals surface area (Å²) in [6.45, 7) is 0. The molecule has 15 N–H and O–H groups in total. The van der Waals surface area contributed by atoms with E-state index < -0.39 is 163 Å². The van der Waals surface area contributed by atoms with Crippen molar-refractivity contribution in [1.82, 2.24) is 37.2 Å². The van der Waals surface area contributed by atoms with Crippen molar-refractivity contribution in [2.24, 2.45) is 0 Å². The standard InChI is InChI=1S/C59H47Cl2N7O18/c1-62-45-24-5-10-36(71)40(15-24)85-29-20-32(44(61)38(73)21-29)48-57(80)65-47-26-16-41(84-28-7-2-22(3-8-28)12-34(53(76)66-48)63-54(45)77)52(75)42(17-26)86-39-11-6-25(14-33(39)60)51(74)50-58(81)67-49(59(82)83)31-18-27(69)19-37(72)43(31)30-13-23(4-9-35(30)70)46(55(78)68-50)64-56(47)79/h2-11,13-21,34,45-51,62,69-75H,12H2,1H3,(H,63,77)(H,64,79)(H,65,80)(H,66,76)(H,67,81)(H,68,78)(H,82,83)/t34-,45+,46-,47-,48+,49+,50+,51-/m1/s1. The highest BCUT2D eigenvalue weighted by Crippen LogP contribution is 2.48. The first-order valence-electron chi connectivity index (χ1n) is 26.0. The number of aromatic hydroxyl groups is 6. The van der Waals surface area contributed by atoms with E-state index in [1.54, 1.807) is 0 Å². The number of phenols is 6. The van der Waals surface area contributed by atoms with Crippen LogP contribution in [0.3, 0.4) is 0 Å². The van der Waals surface area contributed by atoms with Crippen molar-refractivity contribution in [3.05, 3.63) is 164 Å². The van der Waals surface area contributed by atoms with Gasteiger partial charge in [-0.05, 0) is 108 Å². The number of phenolic OH excluding ortho intramolecular Hbond substituents is 6. The van der Waals surface area contributed by atoms with Crippen LogP contribution in [0.1, 0.15) is 75.3 Å². The van der Waals surface area contributed by atoms with E-state index in [2.05, 4.69) is 37.2 Å². The smallest absolute Gasteiger partial charge is 0.330 e. The molecule has 6 aliphatic rings. The Kier molecular flexibility index (Phi) is 15.1. The number of carboxylic acid groups (broad SMARTS) is 1. The Balaban J connectivity index is 1.14. The van der Waals surface area contributed by atoms with Crippen molar-refractivity contribution in [3.8, 4) is 80.1 Å². The van der Waals surface area contributed by atoms with Crippen molar-refractivity contribution in [3.63, 3.8) is 0 Å². The maximum Gasteiger partial charge on any atom is 0.330 e. The lowest BCUT2D eigenvalue weighted by molar-refractivity contribution is -0.143. The van der Waals surface area contributed by atoms with E-state index in [1.807, 2.05) is 0 Å². The van der Waals surface area contributed by atoms with Gasteiger partial charge in [-0.1, -0.05) is 53.5 Å². The molecule has 0 fully saturated rings. The van der Waals surface area contributed by atoms with Crippen LogP contribution in [-0.4, -0.2) is 101 Å². The normalized spacial score (nSPS) is 21.9. The van der Waals surface area contributed by atoms with Crippen LogP contribution in [0.2, 0.25) is 10.0 Å². The predicted molar refractivity (Wildman–Crippen MR) is 300 cm³/mol. The molecule has 0 radical (unpaired) electrons. The van der Waals surface area contributed by atoms with E-state index in [1.165, 1.54) is 61.6 Å². The largest absolute Gasteiger partial charge is 0.508 e. The van der Waals surface area contributed by atoms with Gasteiger partial charge in [-0.3, -0.25) is 28.8 Å². The SMILES string of the molecule is CN[C@@H]1C(=O)N[C@@H]2Cc3ccc(cc3)Oc3cc4cc(c3O)Oc3ccc(cc3Cl)[C@@H](O)[C@@H]3NC(=O)[C@H](NC(=O)[C@@H]4NC(=O)[C@@H](NC2=O)c2cc(cc(O)c2Cl)Oc2cc1ccc2O)c1ccc(O)c(c1)-c1c(O)cc(O)cc1[C@@H](C(=O)O)NC3=O. The summed E-state index contributed by atoms with van der Waals surface area (Å²) in [4.78, 5) is 103. The summed E-state index contributed by atoms with van der Waals surface area (Å²) in [6, 6.07) is 9.35. The van der Waals surface area contributed by atoms with Gasteiger partial charge < -0.3 is 92.3 Å². The molecule has 6 aliphatic heterocycles. The summed E-state index contributed by atoms with van der Waals surface area (Å²) in [5.74, 6) is -14.6. The zero-order valence-corrected chi connectivity index (χ0v) is 45.7. The Morgan fingerprint density at radius 1 is 0.523 bits per heavy atom. The molecule has 0 unspecified atom stereocenters. The lowest BCUT2D eigenvalue weighted by Gasteiger charge is -2.31. The quantitative estimate of drug-likeness (QED) is 0.105. The number of fused-ring (bicyclic) bond motifs is 14. The van der Waals surface area contributed by atoms with Gasteiger partial charge in [0, 0.05) is 40.8 Å². The van der Waals surface area contributed by atoms with Gasteiger partial charge in [0.1, 0.15) is 82.6 Å². The Morgan fingerprint density at radius 3 is 1.86 bits per heavy atom. The number of aliphatic hydroxyl groups excluding tert-OH is 1. The van der Waals surface area contributed by atoms with Crippen LogP contribution >= 0.6 is 23.2 Å². The molecule has 7 aromatic carbocycles. The number of rotatable bonds is 2. The lowest BCUT2D eigenvalue weighted by Crippen LogP contribution is -2.55. The Bertz CT molecular complexity index is 4040. The minimum atomic E-state index is -2.19. The summed E-state index contributed by atoms with van der Waals surface area (Å²) in [7, 11) is 1.46. The van der Waals surface area contributed by atoms with E-state index in [4.69, 9.17) is 37.4 Å². The monoisotopic (exact) mass is 1210 g/mol. The Labute approximate surface area is 494 Å². The van der Waals surface area contributed by atoms with Crippen LogP contribution in [0.15, 0.2) is 115 Å². The minimum Gasteiger partial charge on any atom is -0.508 e. The molecule has 0 aromatic heterocycles. The number of hydrogen-bond acceptors (Lipinski definition) is 18. The number of aliphatic hydroxyl groups is 1. The first-order valence-corrected chi connectivity index (χ1v) is 26.7. The first kappa shape index (κ1) is 57.4. The third kappa shape index (κ3) is 10.9. The number of halogens is 2. The van der Waals surface area contributed by atoms with Gasteiger partial charge in [0.15, 0.2) is 29.0 Å². The van der Waals surface area contributed by atoms with Crippen LogP contribution in [0, 0.1) is 0 Å². The molecule has 27 heteroatoms. The Hall–Kier alpha value is -10.5. The van der Waals surface area contributed by atoms with Gasteiger partial charge in [0.05, 0.1) is 10.0 Å². The van der Waals surface area contributed by atoms with Gasteiger partial charge >= 0.3 is 5.97 Å². The highest BCUT2D eigenvalue weighted by Gasteiger charge is 2.41. The summed E-state index contributed by atoms with van der Waals surface area (Å²) in [6.07, 6.45) is -2.38. The zero-order chi connectivity index (χ0) is 61.2. The summed E-state index contributed by atoms with van der Waals surface area (Å²) >= 11 is 13.6. The van der Waals surface area contributed by atoms with E-state index in [0.29, 0.717) is 5.56 Å². The molecule has 0 spiro atoms. The molecular weight excluding hydrogens is 1170 g/mol. The van der Waals surface area contributed by atoms with Crippen LogP contribution in [0.4, 0.5) is 0 Å². The number of carboxylic acids is 1. The molecule has 6 amide bonds. The number of carbonyl (C=O) groups is 7. The number of aliphatic carboxylic acids is 1. The second-order valence-electron chi connectivity index (χ2n) is 20.3. The number of ether oxygens (including phenoxy) is 3. The molecule has 8 atom stereocenters. The molecule has 440 valence electrons. The molecule has 0 aliphatic carbocycles. The van der Waals surface area contributed by atoms with Gasteiger partial charge in [-0.25, -0.2) is 4.79 Å². The zero-order valence-electron chi connectivity index (χ0n) is 44.2. The number of benzene rings is 7. The third-order valence-corrected chi connectivity index (χ3v) is 15.4. The van der Waals surface area contributed by atoms with E-state index in [9.17, 15) is 60.0 Å². The molecule has 6 heterocycles. The molecular formula is C59H47Cl2N7O18. The van der Waals surface area contributed by atoms with Gasteiger partial charge in [0.25, 0.3) is 0 Å². The molecule has 0 saturated carbocycles. The van der Waals surface area contributed by atoms with Gasteiger partial charge in [0.2, 0.25) is 41.2 Å². The molecule has 17 bridgehead atoms.